The van der Waals surface area contributed by atoms with Gasteiger partial charge < -0.3 is 5.32 Å². The van der Waals surface area contributed by atoms with Gasteiger partial charge in [-0.15, -0.1) is 0 Å². The lowest BCUT2D eigenvalue weighted by molar-refractivity contribution is -0.117. The molecule has 0 spiro atoms. The Morgan fingerprint density at radius 3 is 2.50 bits per heavy atom. The largest absolute Gasteiger partial charge is 0.322 e. The zero-order valence-electron chi connectivity index (χ0n) is 17.2. The number of nitrogens with one attached hydrogen (secondary N) is 2. The van der Waals surface area contributed by atoms with Gasteiger partial charge in [-0.3, -0.25) is 9.89 Å². The molecule has 0 aliphatic carbocycles. The first-order chi connectivity index (χ1) is 13.5. The summed E-state index contributed by atoms with van der Waals surface area (Å²) >= 11 is 0. The smallest absolute Gasteiger partial charge is 0.232 e. The Morgan fingerprint density at radius 2 is 1.86 bits per heavy atom. The summed E-state index contributed by atoms with van der Waals surface area (Å²) in [5, 5.41) is 10.9. The zero-order chi connectivity index (χ0) is 20.1. The molecule has 1 heterocycles. The molecule has 0 fully saturated rings. The minimum Gasteiger partial charge on any atom is -0.322 e. The Balaban J connectivity index is 1.98. The predicted octanol–water partition coefficient (Wildman–Crippen LogP) is 5.78. The van der Waals surface area contributed by atoms with Crippen LogP contribution < -0.4 is 5.32 Å². The highest BCUT2D eigenvalue weighted by atomic mass is 16.1. The van der Waals surface area contributed by atoms with Gasteiger partial charge in [-0.25, -0.2) is 0 Å². The summed E-state index contributed by atoms with van der Waals surface area (Å²) in [6.07, 6.45) is 2.57. The molecule has 0 saturated heterocycles. The van der Waals surface area contributed by atoms with Gasteiger partial charge in [0.05, 0.1) is 17.3 Å². The van der Waals surface area contributed by atoms with Crippen molar-refractivity contribution in [2.45, 2.75) is 52.9 Å². The van der Waals surface area contributed by atoms with E-state index in [0.717, 1.165) is 53.0 Å². The van der Waals surface area contributed by atoms with Crippen molar-refractivity contribution >= 4 is 11.6 Å². The summed E-state index contributed by atoms with van der Waals surface area (Å²) in [7, 11) is 0. The van der Waals surface area contributed by atoms with Crippen molar-refractivity contribution in [3.8, 4) is 11.3 Å². The van der Waals surface area contributed by atoms with Crippen molar-refractivity contribution in [3.05, 3.63) is 70.9 Å². The van der Waals surface area contributed by atoms with Gasteiger partial charge in [-0.05, 0) is 37.8 Å². The summed E-state index contributed by atoms with van der Waals surface area (Å²) in [4.78, 5) is 13.2. The van der Waals surface area contributed by atoms with Gasteiger partial charge in [0.25, 0.3) is 0 Å². The molecule has 0 bridgehead atoms. The monoisotopic (exact) mass is 375 g/mol. The highest BCUT2D eigenvalue weighted by Gasteiger charge is 2.23. The number of rotatable bonds is 7. The number of aromatic amines is 1. The average Bonchev–Trinajstić information content (AvgIpc) is 3.06. The average molecular weight is 376 g/mol. The van der Waals surface area contributed by atoms with Crippen molar-refractivity contribution < 1.29 is 4.79 Å². The van der Waals surface area contributed by atoms with E-state index in [1.165, 1.54) is 5.56 Å². The number of aryl methyl sites for hydroxylation is 3. The van der Waals surface area contributed by atoms with E-state index in [4.69, 9.17) is 0 Å². The maximum absolute atomic E-state index is 13.2. The number of amides is 1. The highest BCUT2D eigenvalue weighted by Crippen LogP contribution is 2.33. The van der Waals surface area contributed by atoms with E-state index in [9.17, 15) is 4.79 Å². The zero-order valence-corrected chi connectivity index (χ0v) is 17.2. The van der Waals surface area contributed by atoms with E-state index in [0.29, 0.717) is 0 Å². The van der Waals surface area contributed by atoms with Crippen LogP contribution in [0.15, 0.2) is 48.5 Å². The number of hydrogen-bond donors (Lipinski definition) is 2. The molecule has 0 aliphatic rings. The number of benzene rings is 2. The third-order valence-corrected chi connectivity index (χ3v) is 5.15. The summed E-state index contributed by atoms with van der Waals surface area (Å²) in [5.41, 5.74) is 7.06. The molecule has 146 valence electrons. The minimum absolute atomic E-state index is 0.0125. The van der Waals surface area contributed by atoms with Crippen molar-refractivity contribution in [3.63, 3.8) is 0 Å². The van der Waals surface area contributed by atoms with Gasteiger partial charge >= 0.3 is 0 Å². The SMILES string of the molecule is CCCc1[nH]nc(-c2ccc(C)cc2C)c1NC(=O)C(CC)c1ccccc1. The molecule has 1 aromatic heterocycles. The lowest BCUT2D eigenvalue weighted by Gasteiger charge is -2.17. The fourth-order valence-electron chi connectivity index (χ4n) is 3.69. The summed E-state index contributed by atoms with van der Waals surface area (Å²) in [5.74, 6) is -0.170. The van der Waals surface area contributed by atoms with Crippen LogP contribution in [0.4, 0.5) is 5.69 Å². The molecular formula is C24H29N3O. The van der Waals surface area contributed by atoms with Gasteiger partial charge in [0.15, 0.2) is 0 Å². The molecule has 1 amide bonds. The van der Waals surface area contributed by atoms with Crippen molar-refractivity contribution in [2.75, 3.05) is 5.32 Å². The number of nitrogens with zero attached hydrogens (tertiary/aromatic N) is 1. The first kappa shape index (κ1) is 19.9. The number of carbonyl (C=O) groups excluding carboxylic acids is 1. The van der Waals surface area contributed by atoms with E-state index < -0.39 is 0 Å². The van der Waals surface area contributed by atoms with Crippen LogP contribution in [0.2, 0.25) is 0 Å². The van der Waals surface area contributed by atoms with Crippen LogP contribution in [0.3, 0.4) is 0 Å². The topological polar surface area (TPSA) is 57.8 Å². The lowest BCUT2D eigenvalue weighted by atomic mass is 9.95. The summed E-state index contributed by atoms with van der Waals surface area (Å²) in [6, 6.07) is 16.3. The van der Waals surface area contributed by atoms with E-state index in [2.05, 4.69) is 54.5 Å². The van der Waals surface area contributed by atoms with E-state index in [-0.39, 0.29) is 11.8 Å². The standard InChI is InChI=1S/C24H29N3O/c1-5-10-21-23(22(27-26-21)20-14-13-16(3)15-17(20)4)25-24(28)19(6-2)18-11-8-7-9-12-18/h7-9,11-15,19H,5-6,10H2,1-4H3,(H,25,28)(H,26,27). The van der Waals surface area contributed by atoms with Gasteiger partial charge in [-0.2, -0.15) is 5.10 Å². The van der Waals surface area contributed by atoms with Crippen LogP contribution in [0, 0.1) is 13.8 Å². The second-order valence-electron chi connectivity index (χ2n) is 7.35. The minimum atomic E-state index is -0.183. The Hall–Kier alpha value is -2.88. The fourth-order valence-corrected chi connectivity index (χ4v) is 3.69. The van der Waals surface area contributed by atoms with Gasteiger partial charge in [0, 0.05) is 5.56 Å². The maximum atomic E-state index is 13.2. The van der Waals surface area contributed by atoms with Crippen LogP contribution in [-0.2, 0) is 11.2 Å². The highest BCUT2D eigenvalue weighted by molar-refractivity contribution is 5.99. The molecule has 28 heavy (non-hydrogen) atoms. The lowest BCUT2D eigenvalue weighted by Crippen LogP contribution is -2.21. The molecule has 4 heteroatoms. The third-order valence-electron chi connectivity index (χ3n) is 5.15. The van der Waals surface area contributed by atoms with Gasteiger partial charge in [0.2, 0.25) is 5.91 Å². The van der Waals surface area contributed by atoms with E-state index >= 15 is 0 Å². The Morgan fingerprint density at radius 1 is 1.11 bits per heavy atom. The number of aromatic nitrogens is 2. The molecule has 0 radical (unpaired) electrons. The molecule has 1 unspecified atom stereocenters. The normalized spacial score (nSPS) is 12.0. The van der Waals surface area contributed by atoms with E-state index in [1.807, 2.05) is 37.3 Å². The number of H-pyrrole nitrogens is 1. The molecule has 2 N–H and O–H groups in total. The second-order valence-corrected chi connectivity index (χ2v) is 7.35. The Kier molecular flexibility index (Phi) is 6.30. The van der Waals surface area contributed by atoms with Crippen LogP contribution in [0.1, 0.15) is 55.0 Å². The van der Waals surface area contributed by atoms with Crippen molar-refractivity contribution in [2.24, 2.45) is 0 Å². The number of anilines is 1. The molecule has 4 nitrogen and oxygen atoms in total. The molecular weight excluding hydrogens is 346 g/mol. The molecule has 0 aliphatic heterocycles. The van der Waals surface area contributed by atoms with Gasteiger partial charge in [-0.1, -0.05) is 74.4 Å². The third kappa shape index (κ3) is 4.16. The summed E-state index contributed by atoms with van der Waals surface area (Å²) in [6.45, 7) is 8.34. The molecule has 2 aromatic carbocycles. The van der Waals surface area contributed by atoms with Crippen LogP contribution in [0.5, 0.6) is 0 Å². The van der Waals surface area contributed by atoms with Crippen LogP contribution in [-0.4, -0.2) is 16.1 Å². The molecule has 1 atom stereocenters. The van der Waals surface area contributed by atoms with Crippen molar-refractivity contribution in [1.29, 1.82) is 0 Å². The van der Waals surface area contributed by atoms with E-state index in [1.54, 1.807) is 0 Å². The van der Waals surface area contributed by atoms with Crippen molar-refractivity contribution in [1.82, 2.24) is 10.2 Å². The molecule has 0 saturated carbocycles. The van der Waals surface area contributed by atoms with Crippen LogP contribution >= 0.6 is 0 Å². The number of hydrogen-bond acceptors (Lipinski definition) is 2. The number of carbonyl (C=O) groups is 1. The quantitative estimate of drug-likeness (QED) is 0.550. The van der Waals surface area contributed by atoms with Crippen LogP contribution in [0.25, 0.3) is 11.3 Å². The fraction of sp³-hybridized carbons (Fsp3) is 0.333. The first-order valence-corrected chi connectivity index (χ1v) is 10.1. The molecule has 3 rings (SSSR count). The summed E-state index contributed by atoms with van der Waals surface area (Å²) < 4.78 is 0. The Bertz CT molecular complexity index is 944. The predicted molar refractivity (Wildman–Crippen MR) is 116 cm³/mol. The second kappa shape index (κ2) is 8.87. The first-order valence-electron chi connectivity index (χ1n) is 10.1. The van der Waals surface area contributed by atoms with Gasteiger partial charge in [0.1, 0.15) is 5.69 Å². The molecule has 3 aromatic rings. The maximum Gasteiger partial charge on any atom is 0.232 e. The Labute approximate surface area is 167 Å².